The molecule has 124 valence electrons. The molecule has 4 nitrogen and oxygen atoms in total. The Balaban J connectivity index is 2.54. The van der Waals surface area contributed by atoms with Crippen molar-refractivity contribution in [1.82, 2.24) is 4.90 Å². The van der Waals surface area contributed by atoms with E-state index < -0.39 is 22.3 Å². The second-order valence-corrected chi connectivity index (χ2v) is 7.11. The van der Waals surface area contributed by atoms with Crippen LogP contribution in [-0.4, -0.2) is 28.8 Å². The van der Waals surface area contributed by atoms with Crippen LogP contribution in [-0.2, 0) is 14.3 Å². The molecule has 1 aliphatic heterocycles. The predicted octanol–water partition coefficient (Wildman–Crippen LogP) is 4.61. The lowest BCUT2D eigenvalue weighted by molar-refractivity contribution is -0.143. The van der Waals surface area contributed by atoms with Gasteiger partial charge in [0, 0.05) is 10.6 Å². The Bertz CT molecular complexity index is 689. The molecule has 2 rings (SSSR count). The number of halogens is 5. The van der Waals surface area contributed by atoms with Crippen molar-refractivity contribution >= 4 is 69.9 Å². The lowest BCUT2D eigenvalue weighted by Gasteiger charge is -2.28. The third-order valence-corrected chi connectivity index (χ3v) is 4.96. The average molecular weight is 418 g/mol. The number of amides is 1. The van der Waals surface area contributed by atoms with Crippen LogP contribution in [0.1, 0.15) is 17.5 Å². The van der Waals surface area contributed by atoms with Gasteiger partial charge in [0.05, 0.1) is 19.2 Å². The Kier molecular flexibility index (Phi) is 5.75. The number of benzene rings is 1. The van der Waals surface area contributed by atoms with Crippen molar-refractivity contribution in [3.63, 3.8) is 0 Å². The van der Waals surface area contributed by atoms with Gasteiger partial charge in [-0.1, -0.05) is 76.2 Å². The second kappa shape index (κ2) is 7.08. The summed E-state index contributed by atoms with van der Waals surface area (Å²) < 4.78 is 4.30. The van der Waals surface area contributed by atoms with E-state index in [0.29, 0.717) is 10.6 Å². The number of nitrogens with zero attached hydrogens (tertiary/aromatic N) is 1. The normalized spacial score (nSPS) is 22.3. The Labute approximate surface area is 157 Å². The summed E-state index contributed by atoms with van der Waals surface area (Å²) >= 11 is 30.5. The zero-order valence-corrected chi connectivity index (χ0v) is 15.4. The van der Waals surface area contributed by atoms with Crippen LogP contribution in [0.25, 0.3) is 0 Å². The number of esters is 1. The zero-order valence-electron chi connectivity index (χ0n) is 11.7. The molecule has 0 N–H and O–H groups in total. The van der Waals surface area contributed by atoms with E-state index in [2.05, 4.69) is 4.74 Å². The average Bonchev–Trinajstić information content (AvgIpc) is 2.78. The van der Waals surface area contributed by atoms with E-state index in [0.717, 1.165) is 12.0 Å². The maximum Gasteiger partial charge on any atom is 0.333 e. The number of alkyl halides is 2. The molecule has 2 atom stereocenters. The van der Waals surface area contributed by atoms with Gasteiger partial charge < -0.3 is 4.74 Å². The summed E-state index contributed by atoms with van der Waals surface area (Å²) in [4.78, 5) is 23.6. The van der Waals surface area contributed by atoms with Gasteiger partial charge in [-0.2, -0.15) is 0 Å². The third-order valence-electron chi connectivity index (χ3n) is 3.36. The van der Waals surface area contributed by atoms with Gasteiger partial charge in [-0.05, 0) is 6.07 Å². The summed E-state index contributed by atoms with van der Waals surface area (Å²) in [6.07, 6.45) is -0.382. The van der Waals surface area contributed by atoms with Crippen LogP contribution in [0.4, 0.5) is 0 Å². The van der Waals surface area contributed by atoms with Crippen LogP contribution >= 0.6 is 58.0 Å². The molecule has 1 aromatic carbocycles. The van der Waals surface area contributed by atoms with Gasteiger partial charge in [-0.3, -0.25) is 9.69 Å². The molecular formula is C14H10Cl5NO3. The molecule has 1 aromatic rings. The summed E-state index contributed by atoms with van der Waals surface area (Å²) in [5.41, 5.74) is -0.717. The first-order chi connectivity index (χ1) is 10.7. The van der Waals surface area contributed by atoms with Gasteiger partial charge in [-0.15, -0.1) is 0 Å². The van der Waals surface area contributed by atoms with E-state index in [9.17, 15) is 9.59 Å². The van der Waals surface area contributed by atoms with Crippen LogP contribution < -0.4 is 0 Å². The summed E-state index contributed by atoms with van der Waals surface area (Å²) in [6, 6.07) is 6.68. The fourth-order valence-electron chi connectivity index (χ4n) is 2.31. The summed E-state index contributed by atoms with van der Waals surface area (Å²) in [5.74, 6) is -1.38. The van der Waals surface area contributed by atoms with Crippen molar-refractivity contribution in [1.29, 1.82) is 0 Å². The van der Waals surface area contributed by atoms with Gasteiger partial charge in [0.2, 0.25) is 5.91 Å². The number of likely N-dealkylation sites (tertiary alicyclic amines) is 1. The second-order valence-electron chi connectivity index (χ2n) is 4.70. The molecule has 23 heavy (non-hydrogen) atoms. The van der Waals surface area contributed by atoms with Crippen molar-refractivity contribution < 1.29 is 14.3 Å². The number of hydrogen-bond donors (Lipinski definition) is 0. The van der Waals surface area contributed by atoms with Gasteiger partial charge in [0.1, 0.15) is 9.99 Å². The van der Waals surface area contributed by atoms with E-state index in [-0.39, 0.29) is 16.6 Å². The lowest BCUT2D eigenvalue weighted by Crippen LogP contribution is -2.36. The van der Waals surface area contributed by atoms with Crippen molar-refractivity contribution in [2.45, 2.75) is 16.8 Å². The monoisotopic (exact) mass is 415 g/mol. The van der Waals surface area contributed by atoms with Crippen LogP contribution in [0.5, 0.6) is 0 Å². The van der Waals surface area contributed by atoms with Crippen LogP contribution in [0, 0.1) is 0 Å². The molecule has 1 saturated heterocycles. The van der Waals surface area contributed by atoms with Crippen molar-refractivity contribution in [3.05, 3.63) is 45.0 Å². The fraction of sp³-hybridized carbons (Fsp3) is 0.286. The van der Waals surface area contributed by atoms with Crippen LogP contribution in [0.2, 0.25) is 5.02 Å². The molecule has 0 aromatic heterocycles. The molecule has 1 amide bonds. The van der Waals surface area contributed by atoms with Crippen LogP contribution in [0.15, 0.2) is 34.5 Å². The maximum absolute atomic E-state index is 12.4. The Morgan fingerprint density at radius 3 is 2.48 bits per heavy atom. The first kappa shape index (κ1) is 18.7. The van der Waals surface area contributed by atoms with E-state index in [1.807, 2.05) is 0 Å². The van der Waals surface area contributed by atoms with Crippen molar-refractivity contribution in [2.24, 2.45) is 0 Å². The number of ether oxygens (including phenoxy) is 1. The minimum Gasteiger partial charge on any atom is -0.467 e. The Morgan fingerprint density at radius 1 is 1.35 bits per heavy atom. The van der Waals surface area contributed by atoms with E-state index >= 15 is 0 Å². The zero-order chi connectivity index (χ0) is 17.4. The summed E-state index contributed by atoms with van der Waals surface area (Å²) in [5, 5.41) is 0.343. The third kappa shape index (κ3) is 3.28. The van der Waals surface area contributed by atoms with Crippen molar-refractivity contribution in [3.8, 4) is 0 Å². The van der Waals surface area contributed by atoms with Gasteiger partial charge in [0.25, 0.3) is 0 Å². The molecule has 1 heterocycles. The SMILES string of the molecule is COC(=O)C1(Cl)CC(=O)N(C(Cl)c2ccccc2Cl)C1=C(Cl)Cl. The molecule has 0 spiro atoms. The predicted molar refractivity (Wildman–Crippen MR) is 90.8 cm³/mol. The van der Waals surface area contributed by atoms with Gasteiger partial charge >= 0.3 is 5.97 Å². The molecule has 1 aliphatic rings. The highest BCUT2D eigenvalue weighted by molar-refractivity contribution is 6.57. The number of carbonyl (C=O) groups is 2. The highest BCUT2D eigenvalue weighted by atomic mass is 35.5. The molecule has 0 bridgehead atoms. The topological polar surface area (TPSA) is 46.6 Å². The quantitative estimate of drug-likeness (QED) is 0.410. The number of rotatable bonds is 3. The van der Waals surface area contributed by atoms with Gasteiger partial charge in [-0.25, -0.2) is 4.79 Å². The van der Waals surface area contributed by atoms with Crippen molar-refractivity contribution in [2.75, 3.05) is 7.11 Å². The maximum atomic E-state index is 12.4. The highest BCUT2D eigenvalue weighted by Gasteiger charge is 2.56. The van der Waals surface area contributed by atoms with E-state index in [4.69, 9.17) is 58.0 Å². The lowest BCUT2D eigenvalue weighted by atomic mass is 10.1. The molecule has 1 fully saturated rings. The summed E-state index contributed by atoms with van der Waals surface area (Å²) in [7, 11) is 1.14. The van der Waals surface area contributed by atoms with Gasteiger partial charge in [0.15, 0.2) is 4.87 Å². The largest absolute Gasteiger partial charge is 0.467 e. The minimum absolute atomic E-state index is 0.126. The van der Waals surface area contributed by atoms with E-state index in [1.165, 1.54) is 0 Å². The molecule has 0 radical (unpaired) electrons. The highest BCUT2D eigenvalue weighted by Crippen LogP contribution is 2.48. The molecule has 0 saturated carbocycles. The smallest absolute Gasteiger partial charge is 0.333 e. The number of methoxy groups -OCH3 is 1. The molecular weight excluding hydrogens is 407 g/mol. The fourth-order valence-corrected chi connectivity index (χ4v) is 3.98. The number of hydrogen-bond acceptors (Lipinski definition) is 3. The molecule has 2 unspecified atom stereocenters. The number of carbonyl (C=O) groups excluding carboxylic acids is 2. The van der Waals surface area contributed by atoms with Crippen LogP contribution in [0.3, 0.4) is 0 Å². The standard InChI is InChI=1S/C14H10Cl5NO3/c1-23-13(22)14(19)6-9(21)20(10(14)11(16)17)12(18)7-4-2-3-5-8(7)15/h2-5,12H,6H2,1H3. The first-order valence-electron chi connectivity index (χ1n) is 6.27. The summed E-state index contributed by atoms with van der Waals surface area (Å²) in [6.45, 7) is 0. The first-order valence-corrected chi connectivity index (χ1v) is 8.22. The molecule has 9 heteroatoms. The van der Waals surface area contributed by atoms with E-state index in [1.54, 1.807) is 24.3 Å². The Hall–Kier alpha value is -0.650. The molecule has 0 aliphatic carbocycles. The minimum atomic E-state index is -1.83. The Morgan fingerprint density at radius 2 is 1.96 bits per heavy atom.